The van der Waals surface area contributed by atoms with Crippen molar-refractivity contribution < 1.29 is 38.2 Å². The third-order valence-corrected chi connectivity index (χ3v) is 12.2. The van der Waals surface area contributed by atoms with Gasteiger partial charge in [0.25, 0.3) is 0 Å². The quantitative estimate of drug-likeness (QED) is 0.0259. The summed E-state index contributed by atoms with van der Waals surface area (Å²) in [6.45, 7) is 4.54. The van der Waals surface area contributed by atoms with Gasteiger partial charge in [0, 0.05) is 19.3 Å². The number of carboxylic acid groups (broad SMARTS) is 1. The van der Waals surface area contributed by atoms with Crippen molar-refractivity contribution in [2.75, 3.05) is 41.0 Å². The molecule has 8 heteroatoms. The van der Waals surface area contributed by atoms with Crippen molar-refractivity contribution in [3.8, 4) is 0 Å². The lowest BCUT2D eigenvalue weighted by Gasteiger charge is -2.34. The summed E-state index contributed by atoms with van der Waals surface area (Å²) in [6, 6.07) is -0.734. The maximum absolute atomic E-state index is 12.8. The van der Waals surface area contributed by atoms with E-state index in [1.54, 1.807) is 21.1 Å². The molecule has 0 N–H and O–H groups in total. The highest BCUT2D eigenvalue weighted by Gasteiger charge is 2.25. The van der Waals surface area contributed by atoms with Gasteiger partial charge in [-0.15, -0.1) is 0 Å². The molecular formula is C58H103NO7. The number of allylic oxidation sites excluding steroid dienone is 10. The van der Waals surface area contributed by atoms with Gasteiger partial charge in [0.1, 0.15) is 12.6 Å². The molecule has 66 heavy (non-hydrogen) atoms. The van der Waals surface area contributed by atoms with E-state index in [1.807, 2.05) is 0 Å². The summed E-state index contributed by atoms with van der Waals surface area (Å²) in [4.78, 5) is 37.1. The SMILES string of the molecule is CC/C=C/C/C=C/C/C=C/C/C=C/C/C=C/CCCCCC(=O)OC(COCCC(C(=O)[O-])[N+](C)(C)C)COC(=O)CCCCCCCCCCCCCCCCCCCCCCCCC. The Morgan fingerprint density at radius 3 is 1.26 bits per heavy atom. The molecule has 0 aliphatic carbocycles. The second-order valence-electron chi connectivity index (χ2n) is 19.4. The highest BCUT2D eigenvalue weighted by atomic mass is 16.6. The molecular weight excluding hydrogens is 823 g/mol. The molecule has 0 amide bonds. The number of aliphatic carboxylic acids is 1. The Kier molecular flexibility index (Phi) is 46.3. The van der Waals surface area contributed by atoms with E-state index < -0.39 is 18.1 Å². The van der Waals surface area contributed by atoms with Crippen molar-refractivity contribution in [3.63, 3.8) is 0 Å². The van der Waals surface area contributed by atoms with Crippen molar-refractivity contribution in [2.24, 2.45) is 0 Å². The maximum Gasteiger partial charge on any atom is 0.306 e. The van der Waals surface area contributed by atoms with E-state index in [4.69, 9.17) is 14.2 Å². The Morgan fingerprint density at radius 1 is 0.470 bits per heavy atom. The van der Waals surface area contributed by atoms with E-state index in [1.165, 1.54) is 128 Å². The average Bonchev–Trinajstić information content (AvgIpc) is 3.28. The minimum Gasteiger partial charge on any atom is -0.544 e. The number of hydrogen-bond acceptors (Lipinski definition) is 7. The first-order chi connectivity index (χ1) is 32.1. The Balaban J connectivity index is 4.22. The van der Waals surface area contributed by atoms with Crippen LogP contribution in [0.3, 0.4) is 0 Å². The van der Waals surface area contributed by atoms with Crippen LogP contribution in [0.15, 0.2) is 60.8 Å². The molecule has 0 aromatic carbocycles. The molecule has 0 aromatic heterocycles. The molecule has 0 radical (unpaired) electrons. The van der Waals surface area contributed by atoms with Gasteiger partial charge >= 0.3 is 11.9 Å². The van der Waals surface area contributed by atoms with Crippen molar-refractivity contribution in [1.82, 2.24) is 0 Å². The van der Waals surface area contributed by atoms with Crippen LogP contribution in [0, 0.1) is 0 Å². The summed E-state index contributed by atoms with van der Waals surface area (Å²) in [7, 11) is 5.41. The summed E-state index contributed by atoms with van der Waals surface area (Å²) in [5.41, 5.74) is 0. The zero-order valence-corrected chi connectivity index (χ0v) is 43.6. The highest BCUT2D eigenvalue weighted by Crippen LogP contribution is 2.16. The number of likely N-dealkylation sites (N-methyl/N-ethyl adjacent to an activating group) is 1. The van der Waals surface area contributed by atoms with Gasteiger partial charge in [0.2, 0.25) is 0 Å². The molecule has 0 heterocycles. The predicted octanol–water partition coefficient (Wildman–Crippen LogP) is 14.8. The number of carbonyl (C=O) groups is 3. The molecule has 8 nitrogen and oxygen atoms in total. The second kappa shape index (κ2) is 48.5. The van der Waals surface area contributed by atoms with Gasteiger partial charge in [-0.05, 0) is 57.8 Å². The van der Waals surface area contributed by atoms with Crippen molar-refractivity contribution in [1.29, 1.82) is 0 Å². The third-order valence-electron chi connectivity index (χ3n) is 12.2. The van der Waals surface area contributed by atoms with E-state index >= 15 is 0 Å². The van der Waals surface area contributed by atoms with Gasteiger partial charge in [-0.1, -0.05) is 222 Å². The molecule has 0 spiro atoms. The average molecular weight is 926 g/mol. The molecule has 0 aliphatic heterocycles. The lowest BCUT2D eigenvalue weighted by molar-refractivity contribution is -0.889. The second-order valence-corrected chi connectivity index (χ2v) is 19.4. The zero-order chi connectivity index (χ0) is 48.4. The third kappa shape index (κ3) is 46.2. The van der Waals surface area contributed by atoms with Crippen LogP contribution >= 0.6 is 0 Å². The maximum atomic E-state index is 12.8. The van der Waals surface area contributed by atoms with Gasteiger partial charge in [0.15, 0.2) is 6.10 Å². The molecule has 0 aliphatic rings. The summed E-state index contributed by atoms with van der Waals surface area (Å²) < 4.78 is 17.2. The van der Waals surface area contributed by atoms with E-state index in [0.29, 0.717) is 12.8 Å². The zero-order valence-electron chi connectivity index (χ0n) is 43.6. The smallest absolute Gasteiger partial charge is 0.306 e. The van der Waals surface area contributed by atoms with E-state index in [9.17, 15) is 19.5 Å². The fourth-order valence-electron chi connectivity index (χ4n) is 7.98. The first kappa shape index (κ1) is 63.0. The number of ether oxygens (including phenoxy) is 3. The molecule has 2 atom stereocenters. The molecule has 0 bridgehead atoms. The molecule has 0 fully saturated rings. The van der Waals surface area contributed by atoms with Gasteiger partial charge in [-0.3, -0.25) is 9.59 Å². The number of rotatable bonds is 49. The summed E-state index contributed by atoms with van der Waals surface area (Å²) >= 11 is 0. The fourth-order valence-corrected chi connectivity index (χ4v) is 7.98. The van der Waals surface area contributed by atoms with Crippen LogP contribution in [0.5, 0.6) is 0 Å². The topological polar surface area (TPSA) is 102 Å². The van der Waals surface area contributed by atoms with E-state index in [0.717, 1.165) is 70.6 Å². The van der Waals surface area contributed by atoms with Gasteiger partial charge in [0.05, 0.1) is 40.3 Å². The lowest BCUT2D eigenvalue weighted by atomic mass is 10.0. The Hall–Kier alpha value is -2.97. The number of carbonyl (C=O) groups excluding carboxylic acids is 3. The number of carboxylic acids is 1. The monoisotopic (exact) mass is 926 g/mol. The van der Waals surface area contributed by atoms with Crippen LogP contribution in [0.2, 0.25) is 0 Å². The number of hydrogen-bond donors (Lipinski definition) is 0. The van der Waals surface area contributed by atoms with Crippen LogP contribution in [-0.4, -0.2) is 75.5 Å². The molecule has 0 aromatic rings. The summed E-state index contributed by atoms with van der Waals surface area (Å²) in [5, 5.41) is 11.7. The Morgan fingerprint density at radius 2 is 0.848 bits per heavy atom. The van der Waals surface area contributed by atoms with Crippen LogP contribution in [0.25, 0.3) is 0 Å². The molecule has 382 valence electrons. The first-order valence-electron chi connectivity index (χ1n) is 27.3. The molecule has 0 saturated carbocycles. The summed E-state index contributed by atoms with van der Waals surface area (Å²) in [6.07, 6.45) is 61.2. The van der Waals surface area contributed by atoms with Crippen LogP contribution in [-0.2, 0) is 28.6 Å². The minimum atomic E-state index is -1.13. The number of esters is 2. The fraction of sp³-hybridized carbons (Fsp3) is 0.776. The summed E-state index contributed by atoms with van der Waals surface area (Å²) in [5.74, 6) is -1.77. The van der Waals surface area contributed by atoms with Crippen LogP contribution < -0.4 is 5.11 Å². The van der Waals surface area contributed by atoms with Gasteiger partial charge < -0.3 is 28.6 Å². The Labute approximate surface area is 407 Å². The van der Waals surface area contributed by atoms with Gasteiger partial charge in [-0.2, -0.15) is 0 Å². The van der Waals surface area contributed by atoms with E-state index in [-0.39, 0.29) is 49.1 Å². The van der Waals surface area contributed by atoms with Crippen molar-refractivity contribution >= 4 is 17.9 Å². The lowest BCUT2D eigenvalue weighted by Crippen LogP contribution is -2.55. The standard InChI is InChI=1S/C58H103NO7/c1-6-8-10-12-14-16-18-20-22-24-26-27-28-29-31-32-34-36-38-40-42-44-46-48-56(60)65-53-54(52-64-51-50-55(58(62)63)59(3,4)5)66-57(61)49-47-45-43-41-39-37-35-33-30-25-23-21-19-17-15-13-11-9-7-2/h9,11,15,17,21,23,30,33,37,39,54-55H,6-8,10,12-14,16,18-20,22,24-29,31-32,34-36,38,40-53H2,1-5H3/b11-9+,17-15+,23-21+,33-30+,39-37+. The van der Waals surface area contributed by atoms with Crippen molar-refractivity contribution in [3.05, 3.63) is 60.8 Å². The largest absolute Gasteiger partial charge is 0.544 e. The number of quaternary nitrogens is 1. The first-order valence-corrected chi connectivity index (χ1v) is 27.3. The van der Waals surface area contributed by atoms with Crippen LogP contribution in [0.1, 0.15) is 239 Å². The Bertz CT molecular complexity index is 1260. The predicted molar refractivity (Wildman–Crippen MR) is 277 cm³/mol. The molecule has 2 unspecified atom stereocenters. The molecule has 0 saturated heterocycles. The number of unbranched alkanes of at least 4 members (excludes halogenated alkanes) is 25. The molecule has 0 rings (SSSR count). The van der Waals surface area contributed by atoms with Crippen LogP contribution in [0.4, 0.5) is 0 Å². The minimum absolute atomic E-state index is 0.0272. The normalized spacial score (nSPS) is 13.3. The van der Waals surface area contributed by atoms with Crippen molar-refractivity contribution in [2.45, 2.75) is 251 Å². The van der Waals surface area contributed by atoms with Gasteiger partial charge in [-0.25, -0.2) is 0 Å². The van der Waals surface area contributed by atoms with E-state index in [2.05, 4.69) is 74.6 Å². The highest BCUT2D eigenvalue weighted by molar-refractivity contribution is 5.70. The number of nitrogens with zero attached hydrogens (tertiary/aromatic N) is 1.